The molecule has 0 bridgehead atoms. The molecule has 2 N–H and O–H groups in total. The topological polar surface area (TPSA) is 119 Å². The number of urea groups is 1. The van der Waals surface area contributed by atoms with Gasteiger partial charge in [0.05, 0.1) is 23.7 Å². The van der Waals surface area contributed by atoms with Crippen LogP contribution < -0.4 is 20.3 Å². The van der Waals surface area contributed by atoms with E-state index in [0.717, 1.165) is 26.8 Å². The number of aryl methyl sites for hydroxylation is 2. The summed E-state index contributed by atoms with van der Waals surface area (Å²) < 4.78 is 47.7. The van der Waals surface area contributed by atoms with E-state index in [1.807, 2.05) is 4.72 Å². The van der Waals surface area contributed by atoms with Gasteiger partial charge >= 0.3 is 6.03 Å². The zero-order valence-corrected chi connectivity index (χ0v) is 19.9. The van der Waals surface area contributed by atoms with Gasteiger partial charge in [0.2, 0.25) is 0 Å². The molecule has 0 atom stereocenters. The highest BCUT2D eigenvalue weighted by Gasteiger charge is 2.20. The van der Waals surface area contributed by atoms with E-state index in [1.54, 1.807) is 38.1 Å². The summed E-state index contributed by atoms with van der Waals surface area (Å²) in [7, 11) is -2.56. The van der Waals surface area contributed by atoms with E-state index in [4.69, 9.17) is 4.74 Å². The van der Waals surface area contributed by atoms with Gasteiger partial charge in [-0.1, -0.05) is 0 Å². The zero-order valence-electron chi connectivity index (χ0n) is 18.2. The number of nitrogens with one attached hydrogen (secondary N) is 2. The predicted molar refractivity (Wildman–Crippen MR) is 127 cm³/mol. The Labute approximate surface area is 197 Å². The number of anilines is 1. The van der Waals surface area contributed by atoms with Crippen LogP contribution in [0.4, 0.5) is 14.9 Å². The zero-order chi connectivity index (χ0) is 24.6. The van der Waals surface area contributed by atoms with E-state index in [1.165, 1.54) is 25.3 Å². The molecule has 0 unspecified atom stereocenters. The molecule has 2 amide bonds. The van der Waals surface area contributed by atoms with Crippen molar-refractivity contribution < 1.29 is 22.3 Å². The largest absolute Gasteiger partial charge is 0.497 e. The number of amides is 2. The molecular weight excluding hydrogens is 483 g/mol. The fourth-order valence-corrected chi connectivity index (χ4v) is 5.53. The van der Waals surface area contributed by atoms with Crippen molar-refractivity contribution in [2.75, 3.05) is 12.4 Å². The van der Waals surface area contributed by atoms with Crippen molar-refractivity contribution in [1.82, 2.24) is 14.3 Å². The average Bonchev–Trinajstić information content (AvgIpc) is 3.21. The molecule has 0 saturated carbocycles. The Balaban J connectivity index is 1.61. The highest BCUT2D eigenvalue weighted by molar-refractivity contribution is 7.92. The van der Waals surface area contributed by atoms with Gasteiger partial charge in [0.25, 0.3) is 15.6 Å². The first kappa shape index (κ1) is 23.4. The minimum Gasteiger partial charge on any atom is -0.497 e. The molecule has 12 heteroatoms. The Kier molecular flexibility index (Phi) is 6.11. The molecule has 0 spiro atoms. The van der Waals surface area contributed by atoms with Crippen LogP contribution in [0.1, 0.15) is 10.7 Å². The van der Waals surface area contributed by atoms with Crippen molar-refractivity contribution in [2.45, 2.75) is 18.1 Å². The van der Waals surface area contributed by atoms with Crippen LogP contribution in [0, 0.1) is 19.7 Å². The van der Waals surface area contributed by atoms with Crippen LogP contribution >= 0.6 is 11.3 Å². The molecule has 2 aromatic carbocycles. The molecule has 176 valence electrons. The minimum atomic E-state index is -4.06. The average molecular weight is 503 g/mol. The Morgan fingerprint density at radius 1 is 1.12 bits per heavy atom. The minimum absolute atomic E-state index is 0.000460. The standard InChI is InChI=1S/C22H19FN4O5S2/c1-12-4-9-20(33-12)34(30,31)26-22(29)25-14-5-8-19(17(23)10-14)27-13(2)24-18-11-15(32-3)6-7-16(18)21(27)28/h4-11H,1-3H3,(H2,25,26,29). The Bertz CT molecular complexity index is 1590. The third-order valence-corrected chi connectivity index (χ3v) is 7.72. The van der Waals surface area contributed by atoms with Gasteiger partial charge < -0.3 is 10.1 Å². The third-order valence-electron chi connectivity index (χ3n) is 4.90. The van der Waals surface area contributed by atoms with Gasteiger partial charge in [-0.25, -0.2) is 27.3 Å². The number of carbonyl (C=O) groups excluding carboxylic acids is 1. The maximum atomic E-state index is 15.0. The number of fused-ring (bicyclic) bond motifs is 1. The van der Waals surface area contributed by atoms with E-state index in [9.17, 15) is 22.4 Å². The number of nitrogens with zero attached hydrogens (tertiary/aromatic N) is 2. The van der Waals surface area contributed by atoms with Crippen LogP contribution in [-0.2, 0) is 10.0 Å². The summed E-state index contributed by atoms with van der Waals surface area (Å²) in [5.74, 6) is -0.0255. The van der Waals surface area contributed by atoms with E-state index in [2.05, 4.69) is 10.3 Å². The first-order chi connectivity index (χ1) is 16.1. The Morgan fingerprint density at radius 3 is 2.53 bits per heavy atom. The number of benzene rings is 2. The summed E-state index contributed by atoms with van der Waals surface area (Å²) >= 11 is 1.01. The highest BCUT2D eigenvalue weighted by Crippen LogP contribution is 2.23. The van der Waals surface area contributed by atoms with Gasteiger partial charge in [-0.2, -0.15) is 0 Å². The first-order valence-corrected chi connectivity index (χ1v) is 12.2. The summed E-state index contributed by atoms with van der Waals surface area (Å²) in [6.45, 7) is 3.31. The number of rotatable bonds is 5. The summed E-state index contributed by atoms with van der Waals surface area (Å²) in [6, 6.07) is 10.4. The number of methoxy groups -OCH3 is 1. The van der Waals surface area contributed by atoms with Crippen LogP contribution in [0.2, 0.25) is 0 Å². The number of halogens is 1. The number of aromatic nitrogens is 2. The normalized spacial score (nSPS) is 11.4. The maximum Gasteiger partial charge on any atom is 0.333 e. The highest BCUT2D eigenvalue weighted by atomic mass is 32.2. The second-order valence-corrected chi connectivity index (χ2v) is 10.5. The van der Waals surface area contributed by atoms with Crippen LogP contribution in [-0.4, -0.2) is 31.1 Å². The Morgan fingerprint density at radius 2 is 1.88 bits per heavy atom. The lowest BCUT2D eigenvalue weighted by molar-refractivity contribution is 0.256. The number of ether oxygens (including phenoxy) is 1. The summed E-state index contributed by atoms with van der Waals surface area (Å²) in [6.07, 6.45) is 0. The van der Waals surface area contributed by atoms with E-state index >= 15 is 0 Å². The molecule has 9 nitrogen and oxygen atoms in total. The lowest BCUT2D eigenvalue weighted by atomic mass is 10.2. The quantitative estimate of drug-likeness (QED) is 0.429. The van der Waals surface area contributed by atoms with Crippen molar-refractivity contribution >= 4 is 44.0 Å². The van der Waals surface area contributed by atoms with Crippen molar-refractivity contribution in [1.29, 1.82) is 0 Å². The molecule has 2 aromatic heterocycles. The SMILES string of the molecule is COc1ccc2c(=O)n(-c3ccc(NC(=O)NS(=O)(=O)c4ccc(C)s4)cc3F)c(C)nc2c1. The maximum absolute atomic E-state index is 15.0. The molecule has 0 fully saturated rings. The van der Waals surface area contributed by atoms with Gasteiger partial charge in [-0.3, -0.25) is 9.36 Å². The summed E-state index contributed by atoms with van der Waals surface area (Å²) in [5.41, 5.74) is -0.128. The fourth-order valence-electron chi connectivity index (χ4n) is 3.34. The van der Waals surface area contributed by atoms with Crippen molar-refractivity contribution in [3.63, 3.8) is 0 Å². The number of hydrogen-bond donors (Lipinski definition) is 2. The van der Waals surface area contributed by atoms with Crippen molar-refractivity contribution in [3.8, 4) is 11.4 Å². The van der Waals surface area contributed by atoms with Crippen LogP contribution in [0.25, 0.3) is 16.6 Å². The molecule has 0 radical (unpaired) electrons. The van der Waals surface area contributed by atoms with Crippen LogP contribution in [0.15, 0.2) is 57.5 Å². The molecule has 0 aliphatic heterocycles. The number of carbonyl (C=O) groups is 1. The van der Waals surface area contributed by atoms with Gasteiger partial charge in [0.1, 0.15) is 21.6 Å². The number of thiophene rings is 1. The predicted octanol–water partition coefficient (Wildman–Crippen LogP) is 3.72. The summed E-state index contributed by atoms with van der Waals surface area (Å²) in [4.78, 5) is 30.4. The third kappa shape index (κ3) is 4.50. The first-order valence-electron chi connectivity index (χ1n) is 9.86. The van der Waals surface area contributed by atoms with Gasteiger partial charge in [0.15, 0.2) is 0 Å². The number of hydrogen-bond acceptors (Lipinski definition) is 7. The van der Waals surface area contributed by atoms with Crippen molar-refractivity contribution in [3.05, 3.63) is 75.4 Å². The molecule has 2 heterocycles. The second kappa shape index (κ2) is 8.88. The van der Waals surface area contributed by atoms with E-state index in [-0.39, 0.29) is 26.8 Å². The van der Waals surface area contributed by atoms with Gasteiger partial charge in [-0.05, 0) is 56.3 Å². The summed E-state index contributed by atoms with van der Waals surface area (Å²) in [5, 5.41) is 2.56. The number of sulfonamides is 1. The van der Waals surface area contributed by atoms with Crippen LogP contribution in [0.5, 0.6) is 5.75 Å². The van der Waals surface area contributed by atoms with Crippen LogP contribution in [0.3, 0.4) is 0 Å². The van der Waals surface area contributed by atoms with Crippen molar-refractivity contribution in [2.24, 2.45) is 0 Å². The van der Waals surface area contributed by atoms with Gasteiger partial charge in [0, 0.05) is 16.6 Å². The molecule has 0 aliphatic rings. The molecule has 0 saturated heterocycles. The lowest BCUT2D eigenvalue weighted by Gasteiger charge is -2.13. The monoisotopic (exact) mass is 502 g/mol. The molecule has 4 rings (SSSR count). The Hall–Kier alpha value is -3.77. The molecule has 34 heavy (non-hydrogen) atoms. The fraction of sp³-hybridized carbons (Fsp3) is 0.136. The van der Waals surface area contributed by atoms with Gasteiger partial charge in [-0.15, -0.1) is 11.3 Å². The smallest absolute Gasteiger partial charge is 0.333 e. The van der Waals surface area contributed by atoms with E-state index < -0.39 is 27.4 Å². The molecule has 4 aromatic rings. The molecule has 0 aliphatic carbocycles. The van der Waals surface area contributed by atoms with E-state index in [0.29, 0.717) is 11.3 Å². The second-order valence-electron chi connectivity index (χ2n) is 7.27. The molecular formula is C22H19FN4O5S2. The lowest BCUT2D eigenvalue weighted by Crippen LogP contribution is -2.34.